The Balaban J connectivity index is 1.54. The van der Waals surface area contributed by atoms with Crippen LogP contribution in [-0.2, 0) is 19.1 Å². The zero-order valence-corrected chi connectivity index (χ0v) is 20.8. The quantitative estimate of drug-likeness (QED) is 0.495. The number of amides is 2. The van der Waals surface area contributed by atoms with Crippen LogP contribution in [0.15, 0.2) is 17.9 Å². The third-order valence-corrected chi connectivity index (χ3v) is 6.89. The molecule has 4 atom stereocenters. The molecule has 1 aromatic rings. The van der Waals surface area contributed by atoms with Gasteiger partial charge in [-0.2, -0.15) is 0 Å². The van der Waals surface area contributed by atoms with Gasteiger partial charge in [0.25, 0.3) is 11.8 Å². The van der Waals surface area contributed by atoms with Gasteiger partial charge in [0, 0.05) is 25.0 Å². The summed E-state index contributed by atoms with van der Waals surface area (Å²) in [6.45, 7) is 3.68. The first-order valence-electron chi connectivity index (χ1n) is 11.6. The highest BCUT2D eigenvalue weighted by atomic mass is 35.5. The number of aliphatic hydroxyl groups excluding tert-OH is 1. The largest absolute Gasteiger partial charge is 0.507 e. The SMILES string of the molecule is COc1cc(C(=O)NNC(=O)C(C)OC2CCCCO2)c(Cl)c2c1C(=O)[C@@]1(O2)C(O)=CC(=O)C[C@H]1C. The summed E-state index contributed by atoms with van der Waals surface area (Å²) in [4.78, 5) is 50.6. The Bertz CT molecular complexity index is 1140. The molecule has 2 amide bonds. The fourth-order valence-electron chi connectivity index (χ4n) is 4.55. The van der Waals surface area contributed by atoms with Crippen molar-refractivity contribution in [2.75, 3.05) is 13.7 Å². The Morgan fingerprint density at radius 1 is 1.28 bits per heavy atom. The van der Waals surface area contributed by atoms with Crippen molar-refractivity contribution >= 4 is 35.0 Å². The number of benzene rings is 1. The zero-order chi connectivity index (χ0) is 26.2. The minimum Gasteiger partial charge on any atom is -0.507 e. The second-order valence-electron chi connectivity index (χ2n) is 8.93. The molecule has 0 saturated carbocycles. The summed E-state index contributed by atoms with van der Waals surface area (Å²) in [5.74, 6) is -3.83. The van der Waals surface area contributed by atoms with E-state index in [4.69, 9.17) is 30.5 Å². The number of Topliss-reactive ketones (excluding diaryl/α,β-unsaturated/α-hetero) is 1. The summed E-state index contributed by atoms with van der Waals surface area (Å²) in [5, 5.41) is 10.3. The van der Waals surface area contributed by atoms with Crippen molar-refractivity contribution < 1.29 is 43.2 Å². The van der Waals surface area contributed by atoms with Crippen LogP contribution >= 0.6 is 11.6 Å². The second kappa shape index (κ2) is 10.1. The van der Waals surface area contributed by atoms with E-state index in [0.29, 0.717) is 13.0 Å². The van der Waals surface area contributed by atoms with Crippen LogP contribution in [-0.4, -0.2) is 60.2 Å². The number of allylic oxidation sites excluding steroid dienone is 1. The van der Waals surface area contributed by atoms with Gasteiger partial charge in [-0.3, -0.25) is 30.0 Å². The van der Waals surface area contributed by atoms with E-state index in [9.17, 15) is 24.3 Å². The van der Waals surface area contributed by atoms with E-state index in [2.05, 4.69) is 10.9 Å². The van der Waals surface area contributed by atoms with Gasteiger partial charge in [-0.05, 0) is 32.3 Å². The van der Waals surface area contributed by atoms with Gasteiger partial charge in [0.2, 0.25) is 11.4 Å². The molecule has 2 aliphatic heterocycles. The van der Waals surface area contributed by atoms with Gasteiger partial charge >= 0.3 is 0 Å². The van der Waals surface area contributed by atoms with Crippen LogP contribution in [0.5, 0.6) is 11.5 Å². The molecule has 2 heterocycles. The third kappa shape index (κ3) is 4.42. The van der Waals surface area contributed by atoms with Crippen molar-refractivity contribution in [1.82, 2.24) is 10.9 Å². The third-order valence-electron chi connectivity index (χ3n) is 6.52. The van der Waals surface area contributed by atoms with Gasteiger partial charge in [0.05, 0.1) is 17.7 Å². The summed E-state index contributed by atoms with van der Waals surface area (Å²) in [7, 11) is 1.29. The molecule has 2 unspecified atom stereocenters. The molecule has 1 fully saturated rings. The molecule has 3 aliphatic rings. The number of halogens is 1. The molecule has 1 spiro atoms. The van der Waals surface area contributed by atoms with Crippen LogP contribution in [0.4, 0.5) is 0 Å². The van der Waals surface area contributed by atoms with E-state index in [1.807, 2.05) is 0 Å². The van der Waals surface area contributed by atoms with Crippen molar-refractivity contribution in [2.24, 2.45) is 5.92 Å². The molecule has 0 radical (unpaired) electrons. The maximum Gasteiger partial charge on any atom is 0.271 e. The number of hydrazine groups is 1. The van der Waals surface area contributed by atoms with Crippen LogP contribution in [0.2, 0.25) is 5.02 Å². The molecular weight excluding hydrogens is 496 g/mol. The molecule has 3 N–H and O–H groups in total. The molecule has 36 heavy (non-hydrogen) atoms. The van der Waals surface area contributed by atoms with Crippen LogP contribution in [0.25, 0.3) is 0 Å². The Morgan fingerprint density at radius 2 is 2.03 bits per heavy atom. The van der Waals surface area contributed by atoms with Gasteiger partial charge in [-0.15, -0.1) is 0 Å². The summed E-state index contributed by atoms with van der Waals surface area (Å²) < 4.78 is 22.2. The van der Waals surface area contributed by atoms with Crippen LogP contribution in [0.3, 0.4) is 0 Å². The van der Waals surface area contributed by atoms with Crippen molar-refractivity contribution in [3.8, 4) is 11.5 Å². The van der Waals surface area contributed by atoms with Gasteiger partial charge in [0.15, 0.2) is 17.8 Å². The normalized spacial score (nSPS) is 26.1. The maximum atomic E-state index is 13.4. The number of ketones is 2. The Hall–Kier alpha value is -3.15. The van der Waals surface area contributed by atoms with Gasteiger partial charge in [-0.25, -0.2) is 0 Å². The zero-order valence-electron chi connectivity index (χ0n) is 20.0. The lowest BCUT2D eigenvalue weighted by Crippen LogP contribution is -2.51. The Morgan fingerprint density at radius 3 is 2.67 bits per heavy atom. The molecule has 1 saturated heterocycles. The number of aliphatic hydroxyl groups is 1. The topological polar surface area (TPSA) is 149 Å². The Kier molecular flexibility index (Phi) is 7.26. The summed E-state index contributed by atoms with van der Waals surface area (Å²) in [6, 6.07) is 1.23. The molecule has 1 aromatic carbocycles. The predicted octanol–water partition coefficient (Wildman–Crippen LogP) is 2.41. The number of ether oxygens (including phenoxy) is 4. The molecule has 1 aliphatic carbocycles. The summed E-state index contributed by atoms with van der Waals surface area (Å²) >= 11 is 6.46. The molecule has 4 rings (SSSR count). The van der Waals surface area contributed by atoms with E-state index < -0.39 is 47.3 Å². The number of methoxy groups -OCH3 is 1. The minimum atomic E-state index is -1.86. The van der Waals surface area contributed by atoms with Crippen LogP contribution < -0.4 is 20.3 Å². The number of carbonyl (C=O) groups is 4. The standard InChI is InChI=1S/C24H27ClN2O9/c1-11-8-13(28)9-16(29)24(11)21(30)18-15(33-3)10-14(19(25)20(18)36-24)23(32)27-26-22(31)12(2)35-17-6-4-5-7-34-17/h9-12,17,29H,4-8H2,1-3H3,(H,26,31)(H,27,32)/t11-,12?,17?,24+/m1/s1. The lowest BCUT2D eigenvalue weighted by molar-refractivity contribution is -0.189. The molecule has 0 aromatic heterocycles. The fourth-order valence-corrected chi connectivity index (χ4v) is 4.82. The van der Waals surface area contributed by atoms with Crippen molar-refractivity contribution in [3.05, 3.63) is 34.1 Å². The molecule has 194 valence electrons. The number of carbonyl (C=O) groups excluding carboxylic acids is 4. The fraction of sp³-hybridized carbons (Fsp3) is 0.500. The first kappa shape index (κ1) is 25.9. The van der Waals surface area contributed by atoms with Crippen LogP contribution in [0.1, 0.15) is 60.2 Å². The van der Waals surface area contributed by atoms with Gasteiger partial charge < -0.3 is 24.1 Å². The molecule has 0 bridgehead atoms. The van der Waals surface area contributed by atoms with Crippen LogP contribution in [0, 0.1) is 5.92 Å². The first-order valence-corrected chi connectivity index (χ1v) is 11.9. The smallest absolute Gasteiger partial charge is 0.271 e. The van der Waals surface area contributed by atoms with Gasteiger partial charge in [0.1, 0.15) is 23.2 Å². The van der Waals surface area contributed by atoms with E-state index >= 15 is 0 Å². The number of rotatable bonds is 5. The van der Waals surface area contributed by atoms with Gasteiger partial charge in [-0.1, -0.05) is 18.5 Å². The average Bonchev–Trinajstić information content (AvgIpc) is 3.17. The highest BCUT2D eigenvalue weighted by molar-refractivity contribution is 6.37. The number of nitrogens with one attached hydrogen (secondary N) is 2. The van der Waals surface area contributed by atoms with Crippen molar-refractivity contribution in [1.29, 1.82) is 0 Å². The lowest BCUT2D eigenvalue weighted by Gasteiger charge is -2.34. The van der Waals surface area contributed by atoms with E-state index in [1.165, 1.54) is 20.1 Å². The number of fused-ring (bicyclic) bond motifs is 1. The Labute approximate surface area is 212 Å². The highest BCUT2D eigenvalue weighted by Crippen LogP contribution is 2.52. The highest BCUT2D eigenvalue weighted by Gasteiger charge is 2.59. The molecular formula is C24H27ClN2O9. The lowest BCUT2D eigenvalue weighted by atomic mass is 9.75. The minimum absolute atomic E-state index is 0.0178. The first-order chi connectivity index (χ1) is 17.1. The molecule has 11 nitrogen and oxygen atoms in total. The maximum absolute atomic E-state index is 13.4. The predicted molar refractivity (Wildman–Crippen MR) is 125 cm³/mol. The average molecular weight is 523 g/mol. The van der Waals surface area contributed by atoms with Crippen molar-refractivity contribution in [2.45, 2.75) is 57.5 Å². The van der Waals surface area contributed by atoms with E-state index in [-0.39, 0.29) is 39.9 Å². The van der Waals surface area contributed by atoms with E-state index in [0.717, 1.165) is 18.9 Å². The molecule has 12 heteroatoms. The monoisotopic (exact) mass is 522 g/mol. The van der Waals surface area contributed by atoms with E-state index in [1.54, 1.807) is 6.92 Å². The number of hydrogen-bond acceptors (Lipinski definition) is 9. The second-order valence-corrected chi connectivity index (χ2v) is 9.31. The summed E-state index contributed by atoms with van der Waals surface area (Å²) in [5.41, 5.74) is 2.47. The van der Waals surface area contributed by atoms with Crippen molar-refractivity contribution in [3.63, 3.8) is 0 Å². The number of hydrogen-bond donors (Lipinski definition) is 3. The summed E-state index contributed by atoms with van der Waals surface area (Å²) in [6.07, 6.45) is 2.07.